The molecule has 3 aromatic heterocycles. The van der Waals surface area contributed by atoms with Crippen LogP contribution in [0.2, 0.25) is 0 Å². The molecule has 0 aliphatic carbocycles. The van der Waals surface area contributed by atoms with Gasteiger partial charge in [-0.05, 0) is 184 Å². The van der Waals surface area contributed by atoms with E-state index < -0.39 is 112 Å². The van der Waals surface area contributed by atoms with Crippen molar-refractivity contribution in [3.63, 3.8) is 0 Å². The Kier molecular flexibility index (Phi) is 23.3. The van der Waals surface area contributed by atoms with Crippen LogP contribution in [0, 0.1) is 0 Å². The second-order valence-corrected chi connectivity index (χ2v) is 24.3. The standard InChI is InChI=1S/C70H73F9N12O6.ClH/c71-68(72,73)46-13-22-52-43(37-86-55(52)34-46)31-58(92)65(83,25-1-4-28-80)62(95)89-49-16-7-40(8-17-49)61(41-9-18-50(19-10-41)90-63(96)66(84,26-2-5-29-81)59(93)32-44-38-87-56-35-47(69(74,75)76)14-23-53(44)56)42-11-20-51(21-12-42)91-64(97)67(85,27-3-6-30-82)60(94)33-45-39-88-57-36-48(70(77,78)79)15-24-54(45)57;/h7-24,34-39,61,86-88H,1-6,25-33,80-85H2,(H,89,95)(H,90,96)(H,91,97);1H/t65-,66-,67-;/m0./s1. The van der Waals surface area contributed by atoms with E-state index >= 15 is 0 Å². The molecule has 0 spiro atoms. The number of hydrogen-bond acceptors (Lipinski definition) is 12. The second kappa shape index (κ2) is 30.7. The van der Waals surface area contributed by atoms with Gasteiger partial charge in [0.25, 0.3) is 17.7 Å². The summed E-state index contributed by atoms with van der Waals surface area (Å²) in [5, 5.41) is 9.30. The van der Waals surface area contributed by atoms with Crippen LogP contribution in [-0.2, 0) is 66.6 Å². The molecule has 3 amide bonds. The second-order valence-electron chi connectivity index (χ2n) is 24.3. The molecule has 28 heteroatoms. The number of fused-ring (bicyclic) bond motifs is 3. The number of rotatable bonds is 30. The average molecular weight is 1390 g/mol. The number of carbonyl (C=O) groups excluding carboxylic acids is 6. The van der Waals surface area contributed by atoms with E-state index in [1.165, 1.54) is 36.8 Å². The maximum absolute atomic E-state index is 14.3. The third kappa shape index (κ3) is 16.8. The van der Waals surface area contributed by atoms with Gasteiger partial charge >= 0.3 is 18.5 Å². The third-order valence-electron chi connectivity index (χ3n) is 17.6. The minimum atomic E-state index is -4.62. The predicted molar refractivity (Wildman–Crippen MR) is 359 cm³/mol. The fourth-order valence-electron chi connectivity index (χ4n) is 11.9. The van der Waals surface area contributed by atoms with Crippen LogP contribution in [0.1, 0.15) is 114 Å². The molecule has 3 heterocycles. The molecule has 98 heavy (non-hydrogen) atoms. The molecule has 9 aromatic rings. The maximum atomic E-state index is 14.3. The van der Waals surface area contributed by atoms with Gasteiger partial charge in [0.1, 0.15) is 0 Å². The SMILES string of the molecule is Cl.NCCCC[C@](N)(C(=O)Cc1c[nH]c2cc(C(F)(F)F)ccc12)C(=O)Nc1ccc(C(c2ccc(NC(=O)[C@](N)(CCCCN)C(=O)Cc3c[nH]c4cc(C(F)(F)F)ccc34)cc2)c2ccc(NC(=O)[C@](N)(CCCCN)C(=O)Cc3c[nH]c4cc(C(F)(F)F)ccc34)cc2)cc1. The van der Waals surface area contributed by atoms with E-state index in [-0.39, 0.29) is 104 Å². The van der Waals surface area contributed by atoms with E-state index in [4.69, 9.17) is 34.4 Å². The fraction of sp³-hybridized carbons (Fsp3) is 0.314. The predicted octanol–water partition coefficient (Wildman–Crippen LogP) is 11.5. The van der Waals surface area contributed by atoms with Crippen LogP contribution < -0.4 is 50.4 Å². The van der Waals surface area contributed by atoms with Crippen LogP contribution in [-0.4, -0.2) is 86.3 Å². The summed E-state index contributed by atoms with van der Waals surface area (Å²) in [6, 6.07) is 28.8. The summed E-state index contributed by atoms with van der Waals surface area (Å²) in [5.41, 5.74) is 32.3. The van der Waals surface area contributed by atoms with Gasteiger partial charge in [-0.2, -0.15) is 39.5 Å². The number of benzene rings is 6. The summed E-state index contributed by atoms with van der Waals surface area (Å²) in [6.45, 7) is 0.700. The molecule has 0 fully saturated rings. The number of ketones is 3. The van der Waals surface area contributed by atoms with Gasteiger partial charge in [0.2, 0.25) is 0 Å². The van der Waals surface area contributed by atoms with Gasteiger partial charge in [-0.15, -0.1) is 12.4 Å². The van der Waals surface area contributed by atoms with E-state index in [0.717, 1.165) is 36.4 Å². The topological polar surface area (TPSA) is 342 Å². The number of nitrogens with two attached hydrogens (primary N) is 6. The van der Waals surface area contributed by atoms with E-state index in [0.29, 0.717) is 68.8 Å². The first-order valence-electron chi connectivity index (χ1n) is 31.2. The zero-order chi connectivity index (χ0) is 70.3. The van der Waals surface area contributed by atoms with Gasteiger partial charge in [-0.3, -0.25) is 28.8 Å². The minimum absolute atomic E-state index is 0. The molecule has 0 saturated heterocycles. The normalized spacial score (nSPS) is 14.0. The molecule has 0 saturated carbocycles. The molecular weight excluding hydrogens is 1310 g/mol. The van der Waals surface area contributed by atoms with Crippen LogP contribution in [0.15, 0.2) is 146 Å². The smallest absolute Gasteiger partial charge is 0.361 e. The number of amides is 3. The zero-order valence-electron chi connectivity index (χ0n) is 52.8. The highest BCUT2D eigenvalue weighted by Gasteiger charge is 2.45. The lowest BCUT2D eigenvalue weighted by Crippen LogP contribution is -2.58. The van der Waals surface area contributed by atoms with Crippen molar-refractivity contribution in [1.82, 2.24) is 15.0 Å². The van der Waals surface area contributed by atoms with Crippen LogP contribution in [0.3, 0.4) is 0 Å². The number of hydrogen-bond donors (Lipinski definition) is 12. The van der Waals surface area contributed by atoms with Gasteiger partial charge in [0, 0.05) is 93.5 Å². The number of unbranched alkanes of at least 4 members (excludes halogenated alkanes) is 3. The quantitative estimate of drug-likeness (QED) is 0.00865. The van der Waals surface area contributed by atoms with Crippen LogP contribution in [0.25, 0.3) is 32.7 Å². The Morgan fingerprint density at radius 1 is 0.367 bits per heavy atom. The molecule has 0 unspecified atom stereocenters. The van der Waals surface area contributed by atoms with Crippen LogP contribution in [0.5, 0.6) is 0 Å². The van der Waals surface area contributed by atoms with Crippen molar-refractivity contribution >= 4 is 97.2 Å². The molecule has 9 rings (SSSR count). The lowest BCUT2D eigenvalue weighted by atomic mass is 9.83. The molecule has 18 nitrogen and oxygen atoms in total. The molecule has 520 valence electrons. The number of aromatic amines is 3. The van der Waals surface area contributed by atoms with Crippen molar-refractivity contribution in [3.8, 4) is 0 Å². The molecule has 0 radical (unpaired) electrons. The van der Waals surface area contributed by atoms with Crippen molar-refractivity contribution < 1.29 is 68.3 Å². The van der Waals surface area contributed by atoms with Gasteiger partial charge in [-0.25, -0.2) is 0 Å². The Morgan fingerprint density at radius 3 is 0.837 bits per heavy atom. The van der Waals surface area contributed by atoms with Gasteiger partial charge in [0.05, 0.1) is 16.7 Å². The summed E-state index contributed by atoms with van der Waals surface area (Å²) in [6.07, 6.45) is -9.18. The summed E-state index contributed by atoms with van der Waals surface area (Å²) in [5.74, 6) is -5.38. The highest BCUT2D eigenvalue weighted by molar-refractivity contribution is 6.18. The highest BCUT2D eigenvalue weighted by Crippen LogP contribution is 2.38. The summed E-state index contributed by atoms with van der Waals surface area (Å²) >= 11 is 0. The van der Waals surface area contributed by atoms with Crippen molar-refractivity contribution in [3.05, 3.63) is 196 Å². The van der Waals surface area contributed by atoms with Crippen molar-refractivity contribution in [2.24, 2.45) is 34.4 Å². The number of anilines is 3. The first kappa shape index (κ1) is 74.6. The molecule has 6 aromatic carbocycles. The van der Waals surface area contributed by atoms with Crippen LogP contribution >= 0.6 is 12.4 Å². The van der Waals surface area contributed by atoms with Crippen molar-refractivity contribution in [1.29, 1.82) is 0 Å². The van der Waals surface area contributed by atoms with Gasteiger partial charge in [0.15, 0.2) is 34.0 Å². The maximum Gasteiger partial charge on any atom is 0.416 e. The lowest BCUT2D eigenvalue weighted by Gasteiger charge is -2.28. The number of Topliss-reactive ketones (excluding diaryl/α,β-unsaturated/α-hetero) is 3. The molecule has 0 aliphatic rings. The Balaban J connectivity index is 0.0000122. The average Bonchev–Trinajstić information content (AvgIpc) is 1.79. The Morgan fingerprint density at radius 2 is 0.612 bits per heavy atom. The first-order valence-corrected chi connectivity index (χ1v) is 31.2. The van der Waals surface area contributed by atoms with Crippen molar-refractivity contribution in [2.45, 2.75) is 118 Å². The monoisotopic (exact) mass is 1380 g/mol. The largest absolute Gasteiger partial charge is 0.416 e. The Labute approximate surface area is 562 Å². The molecule has 18 N–H and O–H groups in total. The number of nitrogens with one attached hydrogen (secondary N) is 6. The van der Waals surface area contributed by atoms with Crippen LogP contribution in [0.4, 0.5) is 56.6 Å². The molecule has 0 bridgehead atoms. The number of H-pyrrole nitrogens is 3. The Bertz CT molecular complexity index is 3910. The lowest BCUT2D eigenvalue weighted by molar-refractivity contribution is -0.138. The number of alkyl halides is 9. The van der Waals surface area contributed by atoms with Gasteiger partial charge < -0.3 is 65.3 Å². The summed E-state index contributed by atoms with van der Waals surface area (Å²) < 4.78 is 122. The molecular formula is C70H74ClF9N12O6. The minimum Gasteiger partial charge on any atom is -0.361 e. The number of halogens is 10. The summed E-state index contributed by atoms with van der Waals surface area (Å²) in [4.78, 5) is 93.9. The third-order valence-corrected chi connectivity index (χ3v) is 17.6. The van der Waals surface area contributed by atoms with Crippen molar-refractivity contribution in [2.75, 3.05) is 35.6 Å². The van der Waals surface area contributed by atoms with E-state index in [1.807, 2.05) is 0 Å². The first-order chi connectivity index (χ1) is 45.9. The van der Waals surface area contributed by atoms with E-state index in [9.17, 15) is 68.3 Å². The van der Waals surface area contributed by atoms with E-state index in [1.54, 1.807) is 72.8 Å². The number of aromatic nitrogens is 3. The fourth-order valence-corrected chi connectivity index (χ4v) is 11.9. The molecule has 3 atom stereocenters. The van der Waals surface area contributed by atoms with E-state index in [2.05, 4.69) is 30.9 Å². The van der Waals surface area contributed by atoms with Gasteiger partial charge in [-0.1, -0.05) is 54.6 Å². The number of carbonyl (C=O) groups is 6. The summed E-state index contributed by atoms with van der Waals surface area (Å²) in [7, 11) is 0. The molecule has 0 aliphatic heterocycles. The zero-order valence-corrected chi connectivity index (χ0v) is 53.6. The Hall–Kier alpha value is -9.22. The highest BCUT2D eigenvalue weighted by atomic mass is 35.5.